The van der Waals surface area contributed by atoms with Crippen LogP contribution in [0, 0.1) is 17.8 Å². The van der Waals surface area contributed by atoms with Crippen LogP contribution in [0.5, 0.6) is 0 Å². The van der Waals surface area contributed by atoms with Gasteiger partial charge in [-0.1, -0.05) is 140 Å². The lowest BCUT2D eigenvalue weighted by atomic mass is 9.81. The van der Waals surface area contributed by atoms with Gasteiger partial charge in [0.05, 0.1) is 11.8 Å². The summed E-state index contributed by atoms with van der Waals surface area (Å²) in [6.45, 7) is 11.5. The topological polar surface area (TPSA) is 139 Å². The largest absolute Gasteiger partial charge is 0.481 e. The van der Waals surface area contributed by atoms with Gasteiger partial charge in [0.25, 0.3) is 0 Å². The van der Waals surface area contributed by atoms with E-state index in [1.54, 1.807) is 20.8 Å². The predicted molar refractivity (Wildman–Crippen MR) is 221 cm³/mol. The monoisotopic (exact) mass is 781 g/mol. The van der Waals surface area contributed by atoms with Crippen molar-refractivity contribution in [3.63, 3.8) is 0 Å². The van der Waals surface area contributed by atoms with Gasteiger partial charge in [-0.15, -0.1) is 0 Å². The summed E-state index contributed by atoms with van der Waals surface area (Å²) in [5.74, 6) is -4.36. The third kappa shape index (κ3) is 15.1. The second kappa shape index (κ2) is 23.5. The summed E-state index contributed by atoms with van der Waals surface area (Å²) in [5.41, 5.74) is 3.54. The number of fused-ring (bicyclic) bond motifs is 3. The van der Waals surface area contributed by atoms with Crippen molar-refractivity contribution in [2.24, 2.45) is 17.8 Å². The number of carboxylic acids is 2. The fourth-order valence-electron chi connectivity index (χ4n) is 7.67. The minimum atomic E-state index is -1.09. The number of amides is 1. The van der Waals surface area contributed by atoms with E-state index in [-0.39, 0.29) is 30.6 Å². The molecule has 0 fully saturated rings. The zero-order valence-corrected chi connectivity index (χ0v) is 35.0. The predicted octanol–water partition coefficient (Wildman–Crippen LogP) is 10.9. The standard InChI is InChI=1S/C45H67NO8S/c1-7-9-11-13-15-16-22-32(41(47)48)31(3)28-37(42(49)50)40(27-17-14-12-10-8-2)55-30-39(43(51)54-45(4,5)6)46-44(52)53-29-38-35-25-20-18-23-33(35)34-24-19-21-26-36(34)38/h18-21,23-26,31-32,37-40H,7-17,22,27-30H2,1-6H3,(H,46,52)(H,47,48)(H,49,50)/t31?,32-,37?,39+,40?/m1/s1. The molecule has 3 rings (SSSR count). The van der Waals surface area contributed by atoms with Crippen molar-refractivity contribution < 1.29 is 38.9 Å². The molecule has 9 nitrogen and oxygen atoms in total. The number of ether oxygens (including phenoxy) is 2. The van der Waals surface area contributed by atoms with Crippen LogP contribution in [0.1, 0.15) is 148 Å². The minimum Gasteiger partial charge on any atom is -0.481 e. The first-order chi connectivity index (χ1) is 26.3. The number of hydrogen-bond acceptors (Lipinski definition) is 7. The van der Waals surface area contributed by atoms with Crippen LogP contribution in [0.15, 0.2) is 48.5 Å². The number of alkyl carbamates (subject to hydrolysis) is 1. The summed E-state index contributed by atoms with van der Waals surface area (Å²) >= 11 is 1.34. The van der Waals surface area contributed by atoms with Crippen LogP contribution in [0.2, 0.25) is 0 Å². The Labute approximate surface area is 334 Å². The Kier molecular flexibility index (Phi) is 19.6. The van der Waals surface area contributed by atoms with Gasteiger partial charge in [0.2, 0.25) is 0 Å². The summed E-state index contributed by atoms with van der Waals surface area (Å²) in [6, 6.07) is 15.0. The highest BCUT2D eigenvalue weighted by Gasteiger charge is 2.36. The zero-order valence-electron chi connectivity index (χ0n) is 34.1. The number of carboxylic acid groups (broad SMARTS) is 2. The zero-order chi connectivity index (χ0) is 40.4. The maximum absolute atomic E-state index is 13.6. The molecule has 306 valence electrons. The third-order valence-corrected chi connectivity index (χ3v) is 12.2. The van der Waals surface area contributed by atoms with Gasteiger partial charge in [0.15, 0.2) is 0 Å². The van der Waals surface area contributed by atoms with Crippen molar-refractivity contribution in [2.75, 3.05) is 12.4 Å². The molecule has 3 N–H and O–H groups in total. The van der Waals surface area contributed by atoms with Gasteiger partial charge in [-0.3, -0.25) is 9.59 Å². The highest BCUT2D eigenvalue weighted by molar-refractivity contribution is 8.00. The highest BCUT2D eigenvalue weighted by Crippen LogP contribution is 2.44. The van der Waals surface area contributed by atoms with Crippen molar-refractivity contribution in [2.45, 2.75) is 154 Å². The molecule has 2 aromatic carbocycles. The maximum atomic E-state index is 13.6. The lowest BCUT2D eigenvalue weighted by Crippen LogP contribution is -2.46. The molecule has 3 unspecified atom stereocenters. The van der Waals surface area contributed by atoms with Crippen LogP contribution in [0.25, 0.3) is 11.1 Å². The molecule has 0 bridgehead atoms. The molecule has 0 saturated heterocycles. The summed E-state index contributed by atoms with van der Waals surface area (Å²) in [4.78, 5) is 52.3. The Morgan fingerprint density at radius 3 is 1.78 bits per heavy atom. The van der Waals surface area contributed by atoms with E-state index in [0.717, 1.165) is 86.5 Å². The summed E-state index contributed by atoms with van der Waals surface area (Å²) in [6.07, 6.45) is 11.9. The number of rotatable bonds is 26. The van der Waals surface area contributed by atoms with Crippen molar-refractivity contribution in [1.82, 2.24) is 5.32 Å². The van der Waals surface area contributed by atoms with Gasteiger partial charge >= 0.3 is 24.0 Å². The van der Waals surface area contributed by atoms with Crippen LogP contribution in [0.3, 0.4) is 0 Å². The molecular formula is C45H67NO8S. The Hall–Kier alpha value is -3.53. The molecule has 10 heteroatoms. The normalized spacial score (nSPS) is 15.2. The quantitative estimate of drug-likeness (QED) is 0.0628. The number of aliphatic carboxylic acids is 2. The number of nitrogens with one attached hydrogen (secondary N) is 1. The Morgan fingerprint density at radius 1 is 0.745 bits per heavy atom. The number of carbonyl (C=O) groups is 4. The molecule has 1 amide bonds. The molecule has 0 radical (unpaired) electrons. The maximum Gasteiger partial charge on any atom is 0.407 e. The first-order valence-corrected chi connectivity index (χ1v) is 21.7. The van der Waals surface area contributed by atoms with Crippen molar-refractivity contribution in [1.29, 1.82) is 0 Å². The molecule has 1 aliphatic rings. The van der Waals surface area contributed by atoms with Crippen LogP contribution >= 0.6 is 11.8 Å². The lowest BCUT2D eigenvalue weighted by Gasteiger charge is -2.30. The van der Waals surface area contributed by atoms with Crippen LogP contribution in [-0.2, 0) is 23.9 Å². The molecule has 0 aromatic heterocycles. The number of esters is 1. The Morgan fingerprint density at radius 2 is 1.25 bits per heavy atom. The smallest absolute Gasteiger partial charge is 0.407 e. The molecule has 1 aliphatic carbocycles. The third-order valence-electron chi connectivity index (χ3n) is 10.7. The highest BCUT2D eigenvalue weighted by atomic mass is 32.2. The Balaban J connectivity index is 1.76. The van der Waals surface area contributed by atoms with E-state index in [1.807, 2.05) is 43.3 Å². The number of benzene rings is 2. The van der Waals surface area contributed by atoms with Crippen molar-refractivity contribution >= 4 is 35.8 Å². The average Bonchev–Trinajstić information content (AvgIpc) is 3.45. The lowest BCUT2D eigenvalue weighted by molar-refractivity contribution is -0.156. The number of carbonyl (C=O) groups excluding carboxylic acids is 2. The van der Waals surface area contributed by atoms with Gasteiger partial charge in [-0.2, -0.15) is 11.8 Å². The number of thioether (sulfide) groups is 1. The molecular weight excluding hydrogens is 715 g/mol. The van der Waals surface area contributed by atoms with Gasteiger partial charge in [-0.25, -0.2) is 9.59 Å². The van der Waals surface area contributed by atoms with Gasteiger partial charge in [0, 0.05) is 16.9 Å². The van der Waals surface area contributed by atoms with Gasteiger partial charge in [0.1, 0.15) is 18.2 Å². The molecule has 5 atom stereocenters. The number of hydrogen-bond donors (Lipinski definition) is 3. The second-order valence-electron chi connectivity index (χ2n) is 16.3. The second-order valence-corrected chi connectivity index (χ2v) is 17.6. The fourth-order valence-corrected chi connectivity index (χ4v) is 9.12. The van der Waals surface area contributed by atoms with E-state index in [1.165, 1.54) is 18.2 Å². The van der Waals surface area contributed by atoms with E-state index in [4.69, 9.17) is 9.47 Å². The first kappa shape index (κ1) is 45.9. The first-order valence-electron chi connectivity index (χ1n) is 20.7. The number of unbranched alkanes of at least 4 members (excludes halogenated alkanes) is 9. The van der Waals surface area contributed by atoms with Crippen molar-refractivity contribution in [3.8, 4) is 11.1 Å². The SMILES string of the molecule is CCCCCCCC[C@@H](C(=O)O)C(C)CC(C(=O)O)C(CCCCCCC)SC[C@H](NC(=O)OCC1c2ccccc2-c2ccccc21)C(=O)OC(C)(C)C. The van der Waals surface area contributed by atoms with Gasteiger partial charge < -0.3 is 25.0 Å². The van der Waals surface area contributed by atoms with Gasteiger partial charge in [-0.05, 0) is 68.2 Å². The van der Waals surface area contributed by atoms with Crippen LogP contribution < -0.4 is 5.32 Å². The van der Waals surface area contributed by atoms with Crippen molar-refractivity contribution in [3.05, 3.63) is 59.7 Å². The Bertz CT molecular complexity index is 1460. The minimum absolute atomic E-state index is 0.0802. The van der Waals surface area contributed by atoms with E-state index >= 15 is 0 Å². The van der Waals surface area contributed by atoms with Crippen LogP contribution in [0.4, 0.5) is 4.79 Å². The average molecular weight is 782 g/mol. The molecule has 55 heavy (non-hydrogen) atoms. The molecule has 0 heterocycles. The molecule has 0 spiro atoms. The van der Waals surface area contributed by atoms with Crippen LogP contribution in [-0.4, -0.2) is 63.5 Å². The summed E-state index contributed by atoms with van der Waals surface area (Å²) < 4.78 is 11.5. The molecule has 2 aromatic rings. The van der Waals surface area contributed by atoms with E-state index < -0.39 is 52.7 Å². The van der Waals surface area contributed by atoms with E-state index in [0.29, 0.717) is 12.8 Å². The summed E-state index contributed by atoms with van der Waals surface area (Å²) in [7, 11) is 0. The van der Waals surface area contributed by atoms with E-state index in [2.05, 4.69) is 31.3 Å². The molecule has 0 saturated carbocycles. The van der Waals surface area contributed by atoms with E-state index in [9.17, 15) is 29.4 Å². The molecule has 0 aliphatic heterocycles. The summed E-state index contributed by atoms with van der Waals surface area (Å²) in [5, 5.41) is 23.1. The fraction of sp³-hybridized carbons (Fsp3) is 0.644.